The molecule has 3 fully saturated rings. The van der Waals surface area contributed by atoms with Crippen molar-refractivity contribution in [3.8, 4) is 22.3 Å². The van der Waals surface area contributed by atoms with Gasteiger partial charge in [0, 0.05) is 70.6 Å². The SMILES string of the molecule is CC(C)(C)c1ccc(N(c2ccc3c(c2)N(c2cccc4c2oc2ccccc24)c2cc(C4CCCCC4)cc4c2B3c2sc3cc5c(cc3c2N4c2cccc3c2-c2ccccc2C32CC3CCC2C3)C(C)(C)CCC5(C)C)c2ccccc2-c2ccccc2)cc1. The number of fused-ring (bicyclic) bond motifs is 18. The van der Waals surface area contributed by atoms with Crippen LogP contribution in [0.15, 0.2) is 211 Å². The monoisotopic (exact) mass is 1230 g/mol. The van der Waals surface area contributed by atoms with Gasteiger partial charge in [-0.1, -0.05) is 208 Å². The van der Waals surface area contributed by atoms with Crippen LogP contribution in [0.4, 0.5) is 51.2 Å². The Hall–Kier alpha value is -8.58. The number of thiophene rings is 1. The molecule has 93 heavy (non-hydrogen) atoms. The highest BCUT2D eigenvalue weighted by Crippen LogP contribution is 2.68. The van der Waals surface area contributed by atoms with Crippen molar-refractivity contribution in [2.24, 2.45) is 11.8 Å². The number of para-hydroxylation sites is 3. The summed E-state index contributed by atoms with van der Waals surface area (Å²) in [7, 11) is 0. The number of rotatable bonds is 7. The Balaban J connectivity index is 0.940. The third-order valence-electron chi connectivity index (χ3n) is 24.1. The van der Waals surface area contributed by atoms with E-state index in [1.807, 2.05) is 0 Å². The zero-order valence-electron chi connectivity index (χ0n) is 54.9. The van der Waals surface area contributed by atoms with E-state index in [0.29, 0.717) is 11.8 Å². The lowest BCUT2D eigenvalue weighted by Gasteiger charge is -2.45. The van der Waals surface area contributed by atoms with Gasteiger partial charge < -0.3 is 19.1 Å². The van der Waals surface area contributed by atoms with E-state index < -0.39 is 0 Å². The molecule has 2 bridgehead atoms. The van der Waals surface area contributed by atoms with Crippen molar-refractivity contribution in [3.05, 3.63) is 240 Å². The molecular weight excluding hydrogens is 1150 g/mol. The fourth-order valence-corrected chi connectivity index (χ4v) is 20.8. The molecule has 0 N–H and O–H groups in total. The van der Waals surface area contributed by atoms with Crippen LogP contribution < -0.4 is 30.4 Å². The molecule has 3 unspecified atom stereocenters. The minimum atomic E-state index is -0.0793. The molecular formula is C87H80BN3OS. The normalized spacial score (nSPS) is 20.5. The lowest BCUT2D eigenvalue weighted by atomic mass is 9.36. The Morgan fingerprint density at radius 1 is 0.538 bits per heavy atom. The van der Waals surface area contributed by atoms with Gasteiger partial charge in [-0.25, -0.2) is 0 Å². The van der Waals surface area contributed by atoms with E-state index in [0.717, 1.165) is 50.6 Å². The molecule has 4 nitrogen and oxygen atoms in total. The fraction of sp³-hybridized carbons (Fsp3) is 0.287. The molecule has 3 atom stereocenters. The predicted molar refractivity (Wildman–Crippen MR) is 395 cm³/mol. The van der Waals surface area contributed by atoms with E-state index in [2.05, 4.69) is 281 Å². The lowest BCUT2D eigenvalue weighted by Crippen LogP contribution is -2.60. The highest BCUT2D eigenvalue weighted by Gasteiger charge is 2.58. The number of furan rings is 1. The van der Waals surface area contributed by atoms with Crippen LogP contribution in [0, 0.1) is 11.8 Å². The zero-order valence-corrected chi connectivity index (χ0v) is 55.7. The molecule has 4 heterocycles. The summed E-state index contributed by atoms with van der Waals surface area (Å²) in [6.45, 7) is 16.9. The summed E-state index contributed by atoms with van der Waals surface area (Å²) in [4.78, 5) is 8.10. The lowest BCUT2D eigenvalue weighted by molar-refractivity contribution is 0.327. The molecule has 7 aliphatic rings. The molecule has 2 aromatic heterocycles. The molecule has 2 aliphatic heterocycles. The van der Waals surface area contributed by atoms with Crippen LogP contribution in [0.5, 0.6) is 0 Å². The van der Waals surface area contributed by atoms with Crippen molar-refractivity contribution in [1.82, 2.24) is 0 Å². The molecule has 0 radical (unpaired) electrons. The summed E-state index contributed by atoms with van der Waals surface area (Å²) in [5.41, 5.74) is 29.7. The van der Waals surface area contributed by atoms with Crippen LogP contribution in [0.1, 0.15) is 158 Å². The van der Waals surface area contributed by atoms with Crippen LogP contribution in [-0.4, -0.2) is 6.71 Å². The van der Waals surface area contributed by atoms with E-state index >= 15 is 0 Å². The summed E-state index contributed by atoms with van der Waals surface area (Å²) < 4.78 is 10.1. The van der Waals surface area contributed by atoms with Gasteiger partial charge in [0.15, 0.2) is 5.58 Å². The first-order chi connectivity index (χ1) is 45.2. The first-order valence-electron chi connectivity index (χ1n) is 34.9. The summed E-state index contributed by atoms with van der Waals surface area (Å²) in [5.74, 6) is 1.86. The molecule has 19 rings (SSSR count). The molecule has 10 aromatic carbocycles. The summed E-state index contributed by atoms with van der Waals surface area (Å²) in [5, 5.41) is 3.66. The Labute approximate surface area is 553 Å². The van der Waals surface area contributed by atoms with E-state index in [1.54, 1.807) is 11.1 Å². The van der Waals surface area contributed by atoms with Crippen molar-refractivity contribution in [2.75, 3.05) is 14.7 Å². The van der Waals surface area contributed by atoms with Gasteiger partial charge in [-0.2, -0.15) is 0 Å². The summed E-state index contributed by atoms with van der Waals surface area (Å²) >= 11 is 2.07. The number of hydrogen-bond donors (Lipinski definition) is 0. The van der Waals surface area contributed by atoms with Gasteiger partial charge in [0.25, 0.3) is 6.71 Å². The average Bonchev–Trinajstić information content (AvgIpc) is 1.60. The summed E-state index contributed by atoms with van der Waals surface area (Å²) in [6, 6.07) is 80.6. The molecule has 5 aliphatic carbocycles. The van der Waals surface area contributed by atoms with Crippen molar-refractivity contribution in [3.63, 3.8) is 0 Å². The highest BCUT2D eigenvalue weighted by molar-refractivity contribution is 7.33. The second-order valence-electron chi connectivity index (χ2n) is 31.2. The molecule has 0 saturated heterocycles. The zero-order chi connectivity index (χ0) is 62.4. The van der Waals surface area contributed by atoms with Crippen molar-refractivity contribution in [1.29, 1.82) is 0 Å². The minimum Gasteiger partial charge on any atom is -0.454 e. The second-order valence-corrected chi connectivity index (χ2v) is 32.3. The average molecular weight is 1230 g/mol. The van der Waals surface area contributed by atoms with E-state index in [1.165, 1.54) is 169 Å². The smallest absolute Gasteiger partial charge is 0.264 e. The van der Waals surface area contributed by atoms with Gasteiger partial charge in [-0.3, -0.25) is 0 Å². The maximum Gasteiger partial charge on any atom is 0.264 e. The standard InChI is InChI=1S/C87H80BN3OS/c1-84(2,3)57-38-40-59(41-39-57)89(71-32-18-15-26-61(71)55-24-12-9-13-25-55)60-42-43-70-74(49-60)90(73-34-20-29-63-62-27-16-19-35-77(62)92-82(63)73)75-47-56(54-22-10-8-11-23-54)48-76-80(75)88(70)83-81(65-50-68-69(51-78(65)93-83)86(6,7)45-44-85(68,4)5)91(76)72-33-21-31-67-79(72)64-28-14-17-30-66(64)87(67)52-53-36-37-58(87)46-53/h9,12-21,24-35,38-43,47-51,53-54,58H,8,10-11,22-23,36-37,44-46,52H2,1-7H3. The maximum absolute atomic E-state index is 7.29. The first kappa shape index (κ1) is 56.0. The number of benzene rings is 10. The third-order valence-corrected chi connectivity index (χ3v) is 25.3. The van der Waals surface area contributed by atoms with E-state index in [-0.39, 0.29) is 28.4 Å². The van der Waals surface area contributed by atoms with Gasteiger partial charge in [0.05, 0.1) is 22.7 Å². The largest absolute Gasteiger partial charge is 0.454 e. The highest BCUT2D eigenvalue weighted by atomic mass is 32.1. The quantitative estimate of drug-likeness (QED) is 0.148. The van der Waals surface area contributed by atoms with Gasteiger partial charge in [0.1, 0.15) is 5.58 Å². The summed E-state index contributed by atoms with van der Waals surface area (Å²) in [6.07, 6.45) is 13.8. The minimum absolute atomic E-state index is 0.00631. The predicted octanol–water partition coefficient (Wildman–Crippen LogP) is 22.8. The first-order valence-corrected chi connectivity index (χ1v) is 35.8. The second kappa shape index (κ2) is 20.2. The van der Waals surface area contributed by atoms with Crippen LogP contribution in [0.25, 0.3) is 54.3 Å². The molecule has 0 amide bonds. The van der Waals surface area contributed by atoms with Crippen LogP contribution in [-0.2, 0) is 21.7 Å². The molecule has 1 spiro atoms. The molecule has 3 saturated carbocycles. The molecule has 6 heteroatoms. The van der Waals surface area contributed by atoms with Gasteiger partial charge >= 0.3 is 0 Å². The van der Waals surface area contributed by atoms with Gasteiger partial charge in [0.2, 0.25) is 0 Å². The number of hydrogen-bond acceptors (Lipinski definition) is 5. The van der Waals surface area contributed by atoms with Gasteiger partial charge in [-0.15, -0.1) is 11.3 Å². The molecule has 12 aromatic rings. The maximum atomic E-state index is 7.29. The topological polar surface area (TPSA) is 22.9 Å². The van der Waals surface area contributed by atoms with Crippen LogP contribution in [0.2, 0.25) is 0 Å². The fourth-order valence-electron chi connectivity index (χ4n) is 19.5. The molecule has 458 valence electrons. The van der Waals surface area contributed by atoms with Crippen LogP contribution in [0.3, 0.4) is 0 Å². The van der Waals surface area contributed by atoms with E-state index in [4.69, 9.17) is 4.42 Å². The van der Waals surface area contributed by atoms with Gasteiger partial charge in [-0.05, 0) is 207 Å². The number of anilines is 9. The Bertz CT molecular complexity index is 5070. The van der Waals surface area contributed by atoms with Crippen molar-refractivity contribution >= 4 is 117 Å². The van der Waals surface area contributed by atoms with E-state index in [9.17, 15) is 0 Å². The Kier molecular flexibility index (Phi) is 12.2. The van der Waals surface area contributed by atoms with Crippen molar-refractivity contribution in [2.45, 2.75) is 147 Å². The number of nitrogens with zero attached hydrogens (tertiary/aromatic N) is 3. The Morgan fingerprint density at radius 3 is 1.99 bits per heavy atom. The third kappa shape index (κ3) is 8.16. The van der Waals surface area contributed by atoms with Crippen LogP contribution >= 0.6 is 11.3 Å². The Morgan fingerprint density at radius 2 is 1.22 bits per heavy atom. The van der Waals surface area contributed by atoms with Crippen molar-refractivity contribution < 1.29 is 4.42 Å².